The van der Waals surface area contributed by atoms with Gasteiger partial charge in [0.25, 0.3) is 0 Å². The molecule has 1 heterocycles. The van der Waals surface area contributed by atoms with Crippen molar-refractivity contribution >= 4 is 6.08 Å². The average molecular weight is 165 g/mol. The molecule has 0 amide bonds. The van der Waals surface area contributed by atoms with Crippen molar-refractivity contribution in [2.75, 3.05) is 0 Å². The van der Waals surface area contributed by atoms with Gasteiger partial charge in [0.1, 0.15) is 5.76 Å². The smallest absolute Gasteiger partial charge is 0.197 e. The van der Waals surface area contributed by atoms with E-state index in [-0.39, 0.29) is 0 Å². The van der Waals surface area contributed by atoms with Gasteiger partial charge in [-0.05, 0) is 19.9 Å². The fourth-order valence-corrected chi connectivity index (χ4v) is 0.983. The monoisotopic (exact) mass is 165 g/mol. The molecule has 1 rings (SSSR count). The molecule has 66 valence electrons. The van der Waals surface area contributed by atoms with Gasteiger partial charge >= 0.3 is 0 Å². The number of hydrogen-bond donors (Lipinski definition) is 0. The number of hydrogen-bond acceptors (Lipinski definition) is 2. The Morgan fingerprint density at radius 1 is 1.42 bits per heavy atom. The van der Waals surface area contributed by atoms with E-state index in [2.05, 4.69) is 18.8 Å². The van der Waals surface area contributed by atoms with Crippen molar-refractivity contribution in [1.82, 2.24) is 4.98 Å². The Bertz CT molecular complexity index is 284. The summed E-state index contributed by atoms with van der Waals surface area (Å²) in [6.07, 6.45) is 3.89. The maximum absolute atomic E-state index is 5.52. The second-order valence-corrected chi connectivity index (χ2v) is 3.16. The van der Waals surface area contributed by atoms with Crippen LogP contribution in [0.2, 0.25) is 0 Å². The molecule has 0 aliphatic carbocycles. The highest BCUT2D eigenvalue weighted by Gasteiger charge is 2.09. The lowest BCUT2D eigenvalue weighted by atomic mass is 10.2. The van der Waals surface area contributed by atoms with Gasteiger partial charge in [-0.25, -0.2) is 4.98 Å². The first-order valence-corrected chi connectivity index (χ1v) is 4.25. The zero-order valence-electron chi connectivity index (χ0n) is 8.09. The van der Waals surface area contributed by atoms with Crippen LogP contribution in [-0.4, -0.2) is 4.98 Å². The SMILES string of the molecule is C/C=C\c1oc(C(C)C)nc1C. The first-order chi connectivity index (χ1) is 5.65. The van der Waals surface area contributed by atoms with Gasteiger partial charge < -0.3 is 4.42 Å². The summed E-state index contributed by atoms with van der Waals surface area (Å²) >= 11 is 0. The standard InChI is InChI=1S/C10H15NO/c1-5-6-9-8(4)11-10(12-9)7(2)3/h5-7H,1-4H3/b6-5-. The second kappa shape index (κ2) is 3.57. The van der Waals surface area contributed by atoms with Crippen LogP contribution in [0.15, 0.2) is 10.5 Å². The lowest BCUT2D eigenvalue weighted by Gasteiger charge is -1.94. The summed E-state index contributed by atoms with van der Waals surface area (Å²) in [6.45, 7) is 8.08. The van der Waals surface area contributed by atoms with Crippen LogP contribution < -0.4 is 0 Å². The molecule has 0 saturated heterocycles. The van der Waals surface area contributed by atoms with Crippen molar-refractivity contribution in [2.45, 2.75) is 33.6 Å². The van der Waals surface area contributed by atoms with E-state index < -0.39 is 0 Å². The highest BCUT2D eigenvalue weighted by molar-refractivity contribution is 5.44. The third-order valence-electron chi connectivity index (χ3n) is 1.66. The van der Waals surface area contributed by atoms with Gasteiger partial charge in [-0.15, -0.1) is 0 Å². The zero-order valence-corrected chi connectivity index (χ0v) is 8.09. The molecule has 0 radical (unpaired) electrons. The molecule has 0 unspecified atom stereocenters. The van der Waals surface area contributed by atoms with E-state index >= 15 is 0 Å². The Hall–Kier alpha value is -1.05. The normalized spacial score (nSPS) is 11.8. The Balaban J connectivity index is 3.00. The molecule has 1 aromatic heterocycles. The highest BCUT2D eigenvalue weighted by atomic mass is 16.4. The molecule has 0 saturated carbocycles. The summed E-state index contributed by atoms with van der Waals surface area (Å²) in [7, 11) is 0. The Labute approximate surface area is 73.3 Å². The third kappa shape index (κ3) is 1.76. The first-order valence-electron chi connectivity index (χ1n) is 4.25. The van der Waals surface area contributed by atoms with Gasteiger partial charge in [-0.3, -0.25) is 0 Å². The predicted molar refractivity (Wildman–Crippen MR) is 50.0 cm³/mol. The molecular weight excluding hydrogens is 150 g/mol. The molecule has 0 N–H and O–H groups in total. The summed E-state index contributed by atoms with van der Waals surface area (Å²) in [6, 6.07) is 0. The Kier molecular flexibility index (Phi) is 2.69. The third-order valence-corrected chi connectivity index (χ3v) is 1.66. The summed E-state index contributed by atoms with van der Waals surface area (Å²) in [5.74, 6) is 2.06. The molecule has 0 fully saturated rings. The van der Waals surface area contributed by atoms with Crippen molar-refractivity contribution < 1.29 is 4.42 Å². The van der Waals surface area contributed by atoms with Crippen molar-refractivity contribution in [3.63, 3.8) is 0 Å². The van der Waals surface area contributed by atoms with Crippen molar-refractivity contribution in [3.8, 4) is 0 Å². The van der Waals surface area contributed by atoms with Crippen molar-refractivity contribution in [3.05, 3.63) is 23.4 Å². The maximum atomic E-state index is 5.52. The fraction of sp³-hybridized carbons (Fsp3) is 0.500. The largest absolute Gasteiger partial charge is 0.441 e. The topological polar surface area (TPSA) is 26.0 Å². The van der Waals surface area contributed by atoms with Crippen LogP contribution in [0.1, 0.15) is 44.0 Å². The molecule has 0 atom stereocenters. The van der Waals surface area contributed by atoms with Gasteiger partial charge in [0.2, 0.25) is 0 Å². The predicted octanol–water partition coefficient (Wildman–Crippen LogP) is 3.14. The lowest BCUT2D eigenvalue weighted by molar-refractivity contribution is 0.464. The van der Waals surface area contributed by atoms with E-state index in [1.807, 2.05) is 26.0 Å². The molecule has 2 heteroatoms. The minimum atomic E-state index is 0.364. The molecule has 12 heavy (non-hydrogen) atoms. The van der Waals surface area contributed by atoms with Crippen molar-refractivity contribution in [2.24, 2.45) is 0 Å². The van der Waals surface area contributed by atoms with E-state index in [4.69, 9.17) is 4.42 Å². The summed E-state index contributed by atoms with van der Waals surface area (Å²) in [5, 5.41) is 0. The fourth-order valence-electron chi connectivity index (χ4n) is 0.983. The number of aryl methyl sites for hydroxylation is 1. The minimum absolute atomic E-state index is 0.364. The van der Waals surface area contributed by atoms with Gasteiger partial charge in [0.15, 0.2) is 5.89 Å². The Morgan fingerprint density at radius 2 is 2.08 bits per heavy atom. The molecule has 0 aromatic carbocycles. The van der Waals surface area contributed by atoms with Gasteiger partial charge in [0.05, 0.1) is 5.69 Å². The number of allylic oxidation sites excluding steroid dienone is 1. The quantitative estimate of drug-likeness (QED) is 0.672. The summed E-state index contributed by atoms with van der Waals surface area (Å²) < 4.78 is 5.52. The van der Waals surface area contributed by atoms with Gasteiger partial charge in [-0.1, -0.05) is 19.9 Å². The van der Waals surface area contributed by atoms with Crippen LogP contribution in [0.25, 0.3) is 6.08 Å². The van der Waals surface area contributed by atoms with Crippen LogP contribution in [0.3, 0.4) is 0 Å². The average Bonchev–Trinajstić information content (AvgIpc) is 2.34. The van der Waals surface area contributed by atoms with E-state index in [1.165, 1.54) is 0 Å². The molecule has 0 bridgehead atoms. The second-order valence-electron chi connectivity index (χ2n) is 3.16. The zero-order chi connectivity index (χ0) is 9.14. The highest BCUT2D eigenvalue weighted by Crippen LogP contribution is 2.18. The Morgan fingerprint density at radius 3 is 2.50 bits per heavy atom. The maximum Gasteiger partial charge on any atom is 0.197 e. The molecule has 0 aliphatic rings. The number of oxazole rings is 1. The van der Waals surface area contributed by atoms with E-state index in [0.29, 0.717) is 5.92 Å². The first kappa shape index (κ1) is 9.04. The molecule has 0 spiro atoms. The lowest BCUT2D eigenvalue weighted by Crippen LogP contribution is -1.85. The van der Waals surface area contributed by atoms with Crippen molar-refractivity contribution in [1.29, 1.82) is 0 Å². The van der Waals surface area contributed by atoms with E-state index in [0.717, 1.165) is 17.3 Å². The van der Waals surface area contributed by atoms with Crippen LogP contribution in [-0.2, 0) is 0 Å². The van der Waals surface area contributed by atoms with Crippen LogP contribution in [0, 0.1) is 6.92 Å². The number of rotatable bonds is 2. The van der Waals surface area contributed by atoms with Crippen LogP contribution in [0.4, 0.5) is 0 Å². The molecule has 0 aliphatic heterocycles. The molecule has 2 nitrogen and oxygen atoms in total. The van der Waals surface area contributed by atoms with Gasteiger partial charge in [0, 0.05) is 5.92 Å². The molecular formula is C10H15NO. The van der Waals surface area contributed by atoms with Crippen LogP contribution in [0.5, 0.6) is 0 Å². The molecule has 1 aromatic rings. The number of nitrogens with zero attached hydrogens (tertiary/aromatic N) is 1. The van der Waals surface area contributed by atoms with E-state index in [1.54, 1.807) is 0 Å². The van der Waals surface area contributed by atoms with E-state index in [9.17, 15) is 0 Å². The van der Waals surface area contributed by atoms with Gasteiger partial charge in [-0.2, -0.15) is 0 Å². The summed E-state index contributed by atoms with van der Waals surface area (Å²) in [5.41, 5.74) is 0.969. The summed E-state index contributed by atoms with van der Waals surface area (Å²) in [4.78, 5) is 4.31. The minimum Gasteiger partial charge on any atom is -0.441 e. The number of aromatic nitrogens is 1. The van der Waals surface area contributed by atoms with Crippen LogP contribution >= 0.6 is 0 Å².